The first kappa shape index (κ1) is 27.6. The second-order valence-corrected chi connectivity index (χ2v) is 16.2. The highest BCUT2D eigenvalue weighted by Gasteiger charge is 2.41. The van der Waals surface area contributed by atoms with Crippen LogP contribution in [0, 0.1) is 11.8 Å². The summed E-state index contributed by atoms with van der Waals surface area (Å²) in [5.41, 5.74) is 2.68. The standard InChI is InChI=1S/C25H45NO4Si/c1-19(2)11-9-12-21(5)13-10-14-22(17-29-15-16-31(6,7)8)24(27)26-23(20(3)4)18-30-25(26)28/h11,13,20,22-23H,9-10,12,14-18H2,1-8H3/b21-13+/t22-,23+/m0/s1. The van der Waals surface area contributed by atoms with Crippen molar-refractivity contribution in [3.05, 3.63) is 23.3 Å². The molecule has 1 aliphatic rings. The van der Waals surface area contributed by atoms with Gasteiger partial charge in [-0.25, -0.2) is 9.69 Å². The van der Waals surface area contributed by atoms with Crippen LogP contribution in [0.15, 0.2) is 23.3 Å². The molecule has 1 aliphatic heterocycles. The van der Waals surface area contributed by atoms with Crippen LogP contribution in [-0.2, 0) is 14.3 Å². The van der Waals surface area contributed by atoms with Crippen LogP contribution in [0.1, 0.15) is 60.3 Å². The Morgan fingerprint density at radius 1 is 1.19 bits per heavy atom. The van der Waals surface area contributed by atoms with E-state index in [9.17, 15) is 9.59 Å². The van der Waals surface area contributed by atoms with Crippen molar-refractivity contribution < 1.29 is 19.1 Å². The highest BCUT2D eigenvalue weighted by atomic mass is 28.3. The Labute approximate surface area is 191 Å². The van der Waals surface area contributed by atoms with Gasteiger partial charge in [0.2, 0.25) is 5.91 Å². The Hall–Kier alpha value is -1.40. The van der Waals surface area contributed by atoms with Crippen LogP contribution in [0.5, 0.6) is 0 Å². The second-order valence-electron chi connectivity index (χ2n) is 10.6. The number of carbonyl (C=O) groups excluding carboxylic acids is 2. The maximum atomic E-state index is 13.3. The van der Waals surface area contributed by atoms with Crippen molar-refractivity contribution in [2.45, 2.75) is 92.0 Å². The Kier molecular flexibility index (Phi) is 11.8. The Morgan fingerprint density at radius 2 is 1.87 bits per heavy atom. The molecule has 5 nitrogen and oxygen atoms in total. The summed E-state index contributed by atoms with van der Waals surface area (Å²) in [5, 5.41) is 0. The molecule has 2 amide bonds. The van der Waals surface area contributed by atoms with Crippen molar-refractivity contribution >= 4 is 20.1 Å². The lowest BCUT2D eigenvalue weighted by Crippen LogP contribution is -2.46. The number of hydrogen-bond acceptors (Lipinski definition) is 4. The molecule has 0 saturated carbocycles. The van der Waals surface area contributed by atoms with Crippen LogP contribution < -0.4 is 0 Å². The zero-order chi connectivity index (χ0) is 23.6. The van der Waals surface area contributed by atoms with Crippen LogP contribution in [0.4, 0.5) is 4.79 Å². The molecule has 0 bridgehead atoms. The van der Waals surface area contributed by atoms with E-state index in [4.69, 9.17) is 9.47 Å². The Balaban J connectivity index is 2.77. The number of rotatable bonds is 13. The lowest BCUT2D eigenvalue weighted by atomic mass is 9.98. The molecular formula is C25H45NO4Si. The van der Waals surface area contributed by atoms with Gasteiger partial charge in [-0.1, -0.05) is 56.8 Å². The summed E-state index contributed by atoms with van der Waals surface area (Å²) in [6.45, 7) is 18.7. The second kappa shape index (κ2) is 13.2. The van der Waals surface area contributed by atoms with Crippen LogP contribution in [-0.4, -0.2) is 50.8 Å². The topological polar surface area (TPSA) is 55.8 Å². The summed E-state index contributed by atoms with van der Waals surface area (Å²) in [6, 6.07) is 0.878. The minimum atomic E-state index is -1.19. The molecule has 1 heterocycles. The van der Waals surface area contributed by atoms with Gasteiger partial charge in [-0.3, -0.25) is 4.79 Å². The molecule has 0 aromatic heterocycles. The van der Waals surface area contributed by atoms with Crippen LogP contribution in [0.2, 0.25) is 25.7 Å². The third-order valence-electron chi connectivity index (χ3n) is 5.68. The Bertz CT molecular complexity index is 644. The summed E-state index contributed by atoms with van der Waals surface area (Å²) in [5.74, 6) is -0.304. The average molecular weight is 452 g/mol. The largest absolute Gasteiger partial charge is 0.447 e. The molecule has 0 N–H and O–H groups in total. The molecule has 0 spiro atoms. The van der Waals surface area contributed by atoms with Gasteiger partial charge in [0.15, 0.2) is 0 Å². The summed E-state index contributed by atoms with van der Waals surface area (Å²) in [6.07, 6.45) is 7.53. The molecule has 1 saturated heterocycles. The number of ether oxygens (including phenoxy) is 2. The van der Waals surface area contributed by atoms with Gasteiger partial charge in [0.1, 0.15) is 6.61 Å². The normalized spacial score (nSPS) is 18.4. The zero-order valence-electron chi connectivity index (χ0n) is 21.1. The van der Waals surface area contributed by atoms with E-state index in [-0.39, 0.29) is 30.4 Å². The lowest BCUT2D eigenvalue weighted by Gasteiger charge is -2.27. The molecule has 0 aromatic rings. The Morgan fingerprint density at radius 3 is 2.45 bits per heavy atom. The van der Waals surface area contributed by atoms with Crippen LogP contribution in [0.3, 0.4) is 0 Å². The third-order valence-corrected chi connectivity index (χ3v) is 7.38. The SMILES string of the molecule is CC(C)=CCC/C(C)=C/CC[C@@H](COCC[Si](C)(C)C)C(=O)N1C(=O)OC[C@@H]1C(C)C. The molecule has 0 aromatic carbocycles. The van der Waals surface area contributed by atoms with E-state index in [0.717, 1.165) is 25.3 Å². The van der Waals surface area contributed by atoms with Gasteiger partial charge in [-0.15, -0.1) is 0 Å². The van der Waals surface area contributed by atoms with E-state index in [1.54, 1.807) is 0 Å². The number of amides is 2. The summed E-state index contributed by atoms with van der Waals surface area (Å²) >= 11 is 0. The molecule has 0 aliphatic carbocycles. The zero-order valence-corrected chi connectivity index (χ0v) is 22.1. The molecule has 1 rings (SSSR count). The van der Waals surface area contributed by atoms with E-state index in [0.29, 0.717) is 19.6 Å². The van der Waals surface area contributed by atoms with Crippen molar-refractivity contribution in [1.82, 2.24) is 4.90 Å². The van der Waals surface area contributed by atoms with Gasteiger partial charge < -0.3 is 9.47 Å². The molecular weight excluding hydrogens is 406 g/mol. The number of nitrogens with zero attached hydrogens (tertiary/aromatic N) is 1. The predicted molar refractivity (Wildman–Crippen MR) is 131 cm³/mol. The first-order valence-corrected chi connectivity index (χ1v) is 15.5. The van der Waals surface area contributed by atoms with Gasteiger partial charge >= 0.3 is 6.09 Å². The van der Waals surface area contributed by atoms with Crippen molar-refractivity contribution in [2.75, 3.05) is 19.8 Å². The van der Waals surface area contributed by atoms with Gasteiger partial charge in [-0.05, 0) is 58.4 Å². The molecule has 6 heteroatoms. The van der Waals surface area contributed by atoms with Crippen molar-refractivity contribution in [3.63, 3.8) is 0 Å². The average Bonchev–Trinajstić information content (AvgIpc) is 3.03. The quantitative estimate of drug-likeness (QED) is 0.184. The molecule has 0 unspecified atom stereocenters. The fourth-order valence-corrected chi connectivity index (χ4v) is 4.24. The van der Waals surface area contributed by atoms with E-state index in [1.165, 1.54) is 16.0 Å². The van der Waals surface area contributed by atoms with E-state index < -0.39 is 14.2 Å². The van der Waals surface area contributed by atoms with E-state index in [2.05, 4.69) is 52.6 Å². The minimum absolute atomic E-state index is 0.148. The summed E-state index contributed by atoms with van der Waals surface area (Å²) in [4.78, 5) is 26.9. The number of hydrogen-bond donors (Lipinski definition) is 0. The fourth-order valence-electron chi connectivity index (χ4n) is 3.48. The van der Waals surface area contributed by atoms with E-state index >= 15 is 0 Å². The maximum Gasteiger partial charge on any atom is 0.416 e. The monoisotopic (exact) mass is 451 g/mol. The van der Waals surface area contributed by atoms with Gasteiger partial charge in [0, 0.05) is 14.7 Å². The number of carbonyl (C=O) groups is 2. The fraction of sp³-hybridized carbons (Fsp3) is 0.760. The number of allylic oxidation sites excluding steroid dienone is 4. The first-order chi connectivity index (χ1) is 14.4. The predicted octanol–water partition coefficient (Wildman–Crippen LogP) is 6.43. The molecule has 1 fully saturated rings. The third kappa shape index (κ3) is 10.6. The van der Waals surface area contributed by atoms with Gasteiger partial charge in [0.25, 0.3) is 0 Å². The highest BCUT2D eigenvalue weighted by molar-refractivity contribution is 6.76. The number of imide groups is 1. The van der Waals surface area contributed by atoms with Gasteiger partial charge in [-0.2, -0.15) is 0 Å². The minimum Gasteiger partial charge on any atom is -0.447 e. The van der Waals surface area contributed by atoms with Crippen molar-refractivity contribution in [3.8, 4) is 0 Å². The first-order valence-electron chi connectivity index (χ1n) is 11.8. The molecule has 2 atom stereocenters. The van der Waals surface area contributed by atoms with Crippen LogP contribution >= 0.6 is 0 Å². The smallest absolute Gasteiger partial charge is 0.416 e. The van der Waals surface area contributed by atoms with Crippen LogP contribution in [0.25, 0.3) is 0 Å². The molecule has 178 valence electrons. The van der Waals surface area contributed by atoms with Crippen molar-refractivity contribution in [2.24, 2.45) is 11.8 Å². The molecule has 31 heavy (non-hydrogen) atoms. The lowest BCUT2D eigenvalue weighted by molar-refractivity contribution is -0.136. The highest BCUT2D eigenvalue weighted by Crippen LogP contribution is 2.24. The van der Waals surface area contributed by atoms with Gasteiger partial charge in [0.05, 0.1) is 18.6 Å². The summed E-state index contributed by atoms with van der Waals surface area (Å²) < 4.78 is 11.1. The summed E-state index contributed by atoms with van der Waals surface area (Å²) in [7, 11) is -1.19. The molecule has 0 radical (unpaired) electrons. The van der Waals surface area contributed by atoms with E-state index in [1.807, 2.05) is 13.8 Å². The maximum absolute atomic E-state index is 13.3. The van der Waals surface area contributed by atoms with Crippen molar-refractivity contribution in [1.29, 1.82) is 0 Å². The number of cyclic esters (lactones) is 1.